The average molecular weight is 360 g/mol. The molecule has 1 amide bonds. The summed E-state index contributed by atoms with van der Waals surface area (Å²) in [5.74, 6) is 1.00. The van der Waals surface area contributed by atoms with Crippen LogP contribution in [0.1, 0.15) is 23.8 Å². The number of hydrogen-bond acceptors (Lipinski definition) is 6. The van der Waals surface area contributed by atoms with Gasteiger partial charge in [0.05, 0.1) is 23.3 Å². The number of nitrogens with one attached hydrogen (secondary N) is 1. The normalized spacial score (nSPS) is 17.1. The lowest BCUT2D eigenvalue weighted by Crippen LogP contribution is -2.24. The number of aromatic nitrogens is 5. The number of benzene rings is 1. The average Bonchev–Trinajstić information content (AvgIpc) is 3.42. The van der Waals surface area contributed by atoms with Gasteiger partial charge in [0.2, 0.25) is 17.6 Å². The topological polar surface area (TPSA) is 101 Å². The van der Waals surface area contributed by atoms with E-state index in [0.717, 1.165) is 22.2 Å². The molecule has 0 saturated carbocycles. The predicted molar refractivity (Wildman–Crippen MR) is 96.4 cm³/mol. The summed E-state index contributed by atoms with van der Waals surface area (Å²) in [5, 5.41) is 4.10. The molecule has 1 saturated heterocycles. The zero-order valence-electron chi connectivity index (χ0n) is 14.4. The fraction of sp³-hybridized carbons (Fsp3) is 0.211. The highest BCUT2D eigenvalue weighted by molar-refractivity contribution is 5.80. The van der Waals surface area contributed by atoms with E-state index in [-0.39, 0.29) is 11.8 Å². The molecular weight excluding hydrogens is 344 g/mol. The van der Waals surface area contributed by atoms with Crippen molar-refractivity contribution in [2.45, 2.75) is 18.9 Å². The Labute approximate surface area is 154 Å². The van der Waals surface area contributed by atoms with E-state index in [4.69, 9.17) is 4.52 Å². The summed E-state index contributed by atoms with van der Waals surface area (Å²) >= 11 is 0. The number of carbonyl (C=O) groups is 1. The van der Waals surface area contributed by atoms with Crippen molar-refractivity contribution >= 4 is 16.9 Å². The smallest absolute Gasteiger partial charge is 0.232 e. The number of pyridine rings is 1. The second-order valence-corrected chi connectivity index (χ2v) is 6.63. The van der Waals surface area contributed by atoms with E-state index in [9.17, 15) is 4.79 Å². The molecule has 4 aromatic rings. The van der Waals surface area contributed by atoms with E-state index in [2.05, 4.69) is 25.1 Å². The molecule has 4 heterocycles. The molecule has 8 heteroatoms. The first-order chi connectivity index (χ1) is 13.3. The highest BCUT2D eigenvalue weighted by atomic mass is 16.5. The van der Waals surface area contributed by atoms with E-state index < -0.39 is 0 Å². The van der Waals surface area contributed by atoms with Gasteiger partial charge in [0, 0.05) is 37.5 Å². The van der Waals surface area contributed by atoms with E-state index in [1.807, 2.05) is 35.2 Å². The van der Waals surface area contributed by atoms with Gasteiger partial charge in [-0.15, -0.1) is 0 Å². The third kappa shape index (κ3) is 2.95. The van der Waals surface area contributed by atoms with Crippen LogP contribution in [0.5, 0.6) is 0 Å². The fourth-order valence-corrected chi connectivity index (χ4v) is 3.40. The van der Waals surface area contributed by atoms with Crippen molar-refractivity contribution in [2.24, 2.45) is 0 Å². The van der Waals surface area contributed by atoms with Crippen molar-refractivity contribution in [3.8, 4) is 11.4 Å². The number of likely N-dealkylation sites (tertiary alicyclic amines) is 1. The molecule has 134 valence electrons. The Bertz CT molecular complexity index is 1100. The third-order valence-corrected chi connectivity index (χ3v) is 4.78. The van der Waals surface area contributed by atoms with Crippen LogP contribution in [0.15, 0.2) is 53.6 Å². The van der Waals surface area contributed by atoms with Crippen LogP contribution in [0.4, 0.5) is 0 Å². The summed E-state index contributed by atoms with van der Waals surface area (Å²) in [7, 11) is 0. The van der Waals surface area contributed by atoms with Crippen molar-refractivity contribution in [1.82, 2.24) is 30.0 Å². The number of carbonyl (C=O) groups excluding carboxylic acids is 1. The Hall–Kier alpha value is -3.55. The molecule has 0 radical (unpaired) electrons. The molecule has 1 N–H and O–H groups in total. The zero-order valence-corrected chi connectivity index (χ0v) is 14.4. The summed E-state index contributed by atoms with van der Waals surface area (Å²) in [6.45, 7) is 1.11. The van der Waals surface area contributed by atoms with E-state index >= 15 is 0 Å². The van der Waals surface area contributed by atoms with E-state index in [0.29, 0.717) is 31.2 Å². The minimum atomic E-state index is -0.0914. The number of hydrogen-bond donors (Lipinski definition) is 1. The highest BCUT2D eigenvalue weighted by Crippen LogP contribution is 2.30. The van der Waals surface area contributed by atoms with Crippen LogP contribution in [0.2, 0.25) is 0 Å². The lowest BCUT2D eigenvalue weighted by Gasteiger charge is -2.15. The fourth-order valence-electron chi connectivity index (χ4n) is 3.40. The molecule has 1 aliphatic heterocycles. The molecule has 1 aliphatic rings. The Morgan fingerprint density at radius 1 is 1.30 bits per heavy atom. The van der Waals surface area contributed by atoms with Gasteiger partial charge in [0.1, 0.15) is 0 Å². The van der Waals surface area contributed by atoms with Gasteiger partial charge in [-0.2, -0.15) is 4.98 Å². The first kappa shape index (κ1) is 15.7. The number of imidazole rings is 1. The number of fused-ring (bicyclic) bond motifs is 1. The maximum absolute atomic E-state index is 12.4. The number of aromatic amines is 1. The second-order valence-electron chi connectivity index (χ2n) is 6.63. The maximum Gasteiger partial charge on any atom is 0.232 e. The van der Waals surface area contributed by atoms with Crippen LogP contribution in [-0.4, -0.2) is 42.4 Å². The predicted octanol–water partition coefficient (Wildman–Crippen LogP) is 2.52. The van der Waals surface area contributed by atoms with Gasteiger partial charge in [-0.3, -0.25) is 9.78 Å². The number of nitrogens with zero attached hydrogens (tertiary/aromatic N) is 5. The minimum Gasteiger partial charge on any atom is -0.345 e. The Balaban J connectivity index is 1.34. The summed E-state index contributed by atoms with van der Waals surface area (Å²) in [6, 6.07) is 9.59. The largest absolute Gasteiger partial charge is 0.345 e. The van der Waals surface area contributed by atoms with Crippen molar-refractivity contribution < 1.29 is 9.32 Å². The lowest BCUT2D eigenvalue weighted by molar-refractivity contribution is -0.128. The number of rotatable bonds is 4. The molecule has 1 atom stereocenters. The molecule has 0 bridgehead atoms. The number of H-pyrrole nitrogens is 1. The molecule has 1 unspecified atom stereocenters. The van der Waals surface area contributed by atoms with Gasteiger partial charge < -0.3 is 14.4 Å². The highest BCUT2D eigenvalue weighted by Gasteiger charge is 2.34. The minimum absolute atomic E-state index is 0.0856. The molecule has 27 heavy (non-hydrogen) atoms. The molecule has 1 aromatic carbocycles. The standard InChI is InChI=1S/C19H16N6O2/c26-17-7-14(10-25(17)9-12-2-1-5-20-8-12)19-23-18(24-27-19)13-3-4-15-16(6-13)22-11-21-15/h1-6,8,11,14H,7,9-10H2,(H,21,22). The van der Waals surface area contributed by atoms with Crippen LogP contribution in [0.3, 0.4) is 0 Å². The van der Waals surface area contributed by atoms with Crippen LogP contribution >= 0.6 is 0 Å². The summed E-state index contributed by atoms with van der Waals surface area (Å²) in [6.07, 6.45) is 5.52. The summed E-state index contributed by atoms with van der Waals surface area (Å²) in [4.78, 5) is 30.1. The van der Waals surface area contributed by atoms with Crippen LogP contribution in [0.25, 0.3) is 22.4 Å². The summed E-state index contributed by atoms with van der Waals surface area (Å²) in [5.41, 5.74) is 3.65. The Morgan fingerprint density at radius 3 is 3.15 bits per heavy atom. The Kier molecular flexibility index (Phi) is 3.67. The van der Waals surface area contributed by atoms with Gasteiger partial charge in [0.15, 0.2) is 0 Å². The first-order valence-corrected chi connectivity index (χ1v) is 8.70. The molecular formula is C19H16N6O2. The molecule has 3 aromatic heterocycles. The van der Waals surface area contributed by atoms with Crippen LogP contribution in [-0.2, 0) is 11.3 Å². The quantitative estimate of drug-likeness (QED) is 0.600. The summed E-state index contributed by atoms with van der Waals surface area (Å²) < 4.78 is 5.47. The molecule has 1 fully saturated rings. The molecule has 0 spiro atoms. The van der Waals surface area contributed by atoms with Gasteiger partial charge in [-0.05, 0) is 29.8 Å². The second kappa shape index (κ2) is 6.31. The zero-order chi connectivity index (χ0) is 18.2. The van der Waals surface area contributed by atoms with Gasteiger partial charge in [-0.25, -0.2) is 4.98 Å². The molecule has 0 aliphatic carbocycles. The van der Waals surface area contributed by atoms with Gasteiger partial charge >= 0.3 is 0 Å². The molecule has 5 rings (SSSR count). The van der Waals surface area contributed by atoms with Crippen molar-refractivity contribution in [1.29, 1.82) is 0 Å². The monoisotopic (exact) mass is 360 g/mol. The van der Waals surface area contributed by atoms with Gasteiger partial charge in [0.25, 0.3) is 0 Å². The maximum atomic E-state index is 12.4. The van der Waals surface area contributed by atoms with Crippen molar-refractivity contribution in [2.75, 3.05) is 6.54 Å². The van der Waals surface area contributed by atoms with Crippen LogP contribution in [0, 0.1) is 0 Å². The third-order valence-electron chi connectivity index (χ3n) is 4.78. The SMILES string of the molecule is O=C1CC(c2nc(-c3ccc4nc[nH]c4c3)no2)CN1Cc1cccnc1. The van der Waals surface area contributed by atoms with Gasteiger partial charge in [-0.1, -0.05) is 11.2 Å². The molecule has 8 nitrogen and oxygen atoms in total. The van der Waals surface area contributed by atoms with Crippen LogP contribution < -0.4 is 0 Å². The van der Waals surface area contributed by atoms with E-state index in [1.165, 1.54) is 0 Å². The van der Waals surface area contributed by atoms with E-state index in [1.54, 1.807) is 18.7 Å². The van der Waals surface area contributed by atoms with Crippen molar-refractivity contribution in [3.05, 3.63) is 60.5 Å². The lowest BCUT2D eigenvalue weighted by atomic mass is 10.1. The Morgan fingerprint density at radius 2 is 2.26 bits per heavy atom. The first-order valence-electron chi connectivity index (χ1n) is 8.70. The van der Waals surface area contributed by atoms with Crippen molar-refractivity contribution in [3.63, 3.8) is 0 Å². The number of amides is 1.